The van der Waals surface area contributed by atoms with E-state index in [9.17, 15) is 9.90 Å². The number of Topliss-reactive ketones (excluding diaryl/α,β-unsaturated/α-hetero) is 1. The van der Waals surface area contributed by atoms with E-state index in [0.29, 0.717) is 5.70 Å². The van der Waals surface area contributed by atoms with Gasteiger partial charge in [-0.2, -0.15) is 5.26 Å². The zero-order valence-electron chi connectivity index (χ0n) is 6.30. The van der Waals surface area contributed by atoms with Crippen LogP contribution in [0.15, 0.2) is 11.3 Å². The SMILES string of the molecule is CC1=C(C#N)C(=O)[C@](C)(O)N1. The Morgan fingerprint density at radius 1 is 1.73 bits per heavy atom. The average Bonchev–Trinajstić information content (AvgIpc) is 2.04. The van der Waals surface area contributed by atoms with Crippen molar-refractivity contribution in [2.24, 2.45) is 0 Å². The van der Waals surface area contributed by atoms with Crippen molar-refractivity contribution in [2.45, 2.75) is 19.6 Å². The molecule has 4 heteroatoms. The topological polar surface area (TPSA) is 73.1 Å². The van der Waals surface area contributed by atoms with E-state index in [1.165, 1.54) is 6.92 Å². The van der Waals surface area contributed by atoms with Crippen LogP contribution in [0.5, 0.6) is 0 Å². The Balaban J connectivity index is 3.09. The van der Waals surface area contributed by atoms with Crippen LogP contribution < -0.4 is 5.32 Å². The summed E-state index contributed by atoms with van der Waals surface area (Å²) in [4.78, 5) is 11.1. The molecule has 0 fully saturated rings. The van der Waals surface area contributed by atoms with Crippen LogP contribution in [-0.4, -0.2) is 16.6 Å². The molecule has 0 aromatic carbocycles. The van der Waals surface area contributed by atoms with Gasteiger partial charge < -0.3 is 10.4 Å². The molecule has 11 heavy (non-hydrogen) atoms. The molecule has 1 atom stereocenters. The molecule has 1 aliphatic heterocycles. The largest absolute Gasteiger partial charge is 0.365 e. The van der Waals surface area contributed by atoms with E-state index < -0.39 is 11.5 Å². The monoisotopic (exact) mass is 152 g/mol. The van der Waals surface area contributed by atoms with E-state index in [1.807, 2.05) is 0 Å². The molecule has 4 nitrogen and oxygen atoms in total. The summed E-state index contributed by atoms with van der Waals surface area (Å²) in [6.07, 6.45) is 0. The Hall–Kier alpha value is -1.34. The molecule has 1 rings (SSSR count). The fourth-order valence-electron chi connectivity index (χ4n) is 1.03. The Kier molecular flexibility index (Phi) is 1.46. The number of nitriles is 1. The minimum atomic E-state index is -1.59. The number of ketones is 1. The van der Waals surface area contributed by atoms with Gasteiger partial charge in [-0.15, -0.1) is 0 Å². The van der Waals surface area contributed by atoms with Gasteiger partial charge in [0.25, 0.3) is 0 Å². The summed E-state index contributed by atoms with van der Waals surface area (Å²) in [5, 5.41) is 20.2. The highest BCUT2D eigenvalue weighted by atomic mass is 16.3. The summed E-state index contributed by atoms with van der Waals surface area (Å²) < 4.78 is 0. The van der Waals surface area contributed by atoms with Crippen LogP contribution in [0.2, 0.25) is 0 Å². The van der Waals surface area contributed by atoms with E-state index in [2.05, 4.69) is 5.32 Å². The number of carbonyl (C=O) groups excluding carboxylic acids is 1. The van der Waals surface area contributed by atoms with Gasteiger partial charge in [-0.3, -0.25) is 4.79 Å². The van der Waals surface area contributed by atoms with E-state index in [0.717, 1.165) is 0 Å². The van der Waals surface area contributed by atoms with Crippen molar-refractivity contribution < 1.29 is 9.90 Å². The standard InChI is InChI=1S/C7H8N2O2/c1-4-5(3-8)6(10)7(2,11)9-4/h9,11H,1-2H3/t7-/m0/s1. The molecule has 0 amide bonds. The molecular formula is C7H8N2O2. The molecule has 0 saturated carbocycles. The number of allylic oxidation sites excluding steroid dienone is 1. The van der Waals surface area contributed by atoms with Crippen molar-refractivity contribution in [3.05, 3.63) is 11.3 Å². The second-order valence-electron chi connectivity index (χ2n) is 2.64. The van der Waals surface area contributed by atoms with Crippen molar-refractivity contribution in [3.8, 4) is 6.07 Å². The summed E-state index contributed by atoms with van der Waals surface area (Å²) in [5.74, 6) is -0.558. The van der Waals surface area contributed by atoms with Crippen molar-refractivity contribution in [2.75, 3.05) is 0 Å². The van der Waals surface area contributed by atoms with Gasteiger partial charge in [0.15, 0.2) is 5.72 Å². The van der Waals surface area contributed by atoms with Gasteiger partial charge in [0.1, 0.15) is 11.6 Å². The van der Waals surface area contributed by atoms with Crippen LogP contribution in [0.25, 0.3) is 0 Å². The highest BCUT2D eigenvalue weighted by molar-refractivity contribution is 6.07. The number of rotatable bonds is 0. The predicted octanol–water partition coefficient (Wildman–Crippen LogP) is -0.335. The van der Waals surface area contributed by atoms with Crippen LogP contribution in [0.3, 0.4) is 0 Å². The Morgan fingerprint density at radius 2 is 2.27 bits per heavy atom. The first-order valence-corrected chi connectivity index (χ1v) is 3.15. The molecule has 1 heterocycles. The zero-order chi connectivity index (χ0) is 8.65. The number of carbonyl (C=O) groups is 1. The van der Waals surface area contributed by atoms with Gasteiger partial charge in [0.05, 0.1) is 0 Å². The predicted molar refractivity (Wildman–Crippen MR) is 37.1 cm³/mol. The van der Waals surface area contributed by atoms with Gasteiger partial charge in [0, 0.05) is 5.70 Å². The smallest absolute Gasteiger partial charge is 0.226 e. The van der Waals surface area contributed by atoms with Gasteiger partial charge in [0.2, 0.25) is 5.78 Å². The van der Waals surface area contributed by atoms with Crippen LogP contribution >= 0.6 is 0 Å². The quantitative estimate of drug-likeness (QED) is 0.498. The van der Waals surface area contributed by atoms with Crippen LogP contribution in [0.4, 0.5) is 0 Å². The number of nitrogens with one attached hydrogen (secondary N) is 1. The fraction of sp³-hybridized carbons (Fsp3) is 0.429. The normalized spacial score (nSPS) is 30.2. The molecule has 0 aromatic heterocycles. The Morgan fingerprint density at radius 3 is 2.45 bits per heavy atom. The maximum absolute atomic E-state index is 11.1. The second-order valence-corrected chi connectivity index (χ2v) is 2.64. The van der Waals surface area contributed by atoms with E-state index in [4.69, 9.17) is 5.26 Å². The highest BCUT2D eigenvalue weighted by Gasteiger charge is 2.39. The van der Waals surface area contributed by atoms with Gasteiger partial charge >= 0.3 is 0 Å². The van der Waals surface area contributed by atoms with Crippen molar-refractivity contribution in [3.63, 3.8) is 0 Å². The molecule has 0 radical (unpaired) electrons. The third-order valence-corrected chi connectivity index (χ3v) is 1.59. The number of aliphatic hydroxyl groups is 1. The van der Waals surface area contributed by atoms with Gasteiger partial charge in [-0.25, -0.2) is 0 Å². The lowest BCUT2D eigenvalue weighted by Crippen LogP contribution is -2.43. The third-order valence-electron chi connectivity index (χ3n) is 1.59. The van der Waals surface area contributed by atoms with E-state index in [-0.39, 0.29) is 5.57 Å². The molecular weight excluding hydrogens is 144 g/mol. The lowest BCUT2D eigenvalue weighted by Gasteiger charge is -2.15. The van der Waals surface area contributed by atoms with Crippen molar-refractivity contribution in [1.82, 2.24) is 5.32 Å². The van der Waals surface area contributed by atoms with Crippen molar-refractivity contribution >= 4 is 5.78 Å². The Labute approximate surface area is 64.1 Å². The third kappa shape index (κ3) is 0.994. The second kappa shape index (κ2) is 2.07. The zero-order valence-corrected chi connectivity index (χ0v) is 6.30. The number of hydrogen-bond acceptors (Lipinski definition) is 4. The minimum absolute atomic E-state index is 0.00926. The first kappa shape index (κ1) is 7.76. The first-order chi connectivity index (χ1) is 4.99. The summed E-state index contributed by atoms with van der Waals surface area (Å²) in [6.45, 7) is 2.90. The Bertz CT molecular complexity index is 283. The lowest BCUT2D eigenvalue weighted by molar-refractivity contribution is -0.131. The molecule has 0 unspecified atom stereocenters. The molecule has 0 spiro atoms. The lowest BCUT2D eigenvalue weighted by atomic mass is 10.1. The van der Waals surface area contributed by atoms with Gasteiger partial charge in [-0.05, 0) is 13.8 Å². The molecule has 2 N–H and O–H groups in total. The van der Waals surface area contributed by atoms with Crippen LogP contribution in [0.1, 0.15) is 13.8 Å². The summed E-state index contributed by atoms with van der Waals surface area (Å²) in [7, 11) is 0. The van der Waals surface area contributed by atoms with E-state index in [1.54, 1.807) is 13.0 Å². The van der Waals surface area contributed by atoms with Crippen molar-refractivity contribution in [1.29, 1.82) is 5.26 Å². The summed E-state index contributed by atoms with van der Waals surface area (Å²) >= 11 is 0. The molecule has 0 saturated heterocycles. The molecule has 0 bridgehead atoms. The maximum atomic E-state index is 11.1. The molecule has 0 aromatic rings. The minimum Gasteiger partial charge on any atom is -0.365 e. The molecule has 58 valence electrons. The number of nitrogens with zero attached hydrogens (tertiary/aromatic N) is 1. The first-order valence-electron chi connectivity index (χ1n) is 3.15. The number of hydrogen-bond donors (Lipinski definition) is 2. The summed E-state index contributed by atoms with van der Waals surface area (Å²) in [5.41, 5.74) is -1.15. The molecule has 0 aliphatic carbocycles. The fourth-order valence-corrected chi connectivity index (χ4v) is 1.03. The van der Waals surface area contributed by atoms with Crippen LogP contribution in [-0.2, 0) is 4.79 Å². The van der Waals surface area contributed by atoms with Crippen LogP contribution in [0, 0.1) is 11.3 Å². The summed E-state index contributed by atoms with van der Waals surface area (Å²) in [6, 6.07) is 1.73. The highest BCUT2D eigenvalue weighted by Crippen LogP contribution is 2.19. The van der Waals surface area contributed by atoms with E-state index >= 15 is 0 Å². The maximum Gasteiger partial charge on any atom is 0.226 e. The average molecular weight is 152 g/mol. The van der Waals surface area contributed by atoms with Gasteiger partial charge in [-0.1, -0.05) is 0 Å². The molecule has 1 aliphatic rings.